The van der Waals surface area contributed by atoms with Crippen LogP contribution in [0.3, 0.4) is 0 Å². The van der Waals surface area contributed by atoms with E-state index in [4.69, 9.17) is 10.5 Å². The van der Waals surface area contributed by atoms with E-state index in [1.165, 1.54) is 7.11 Å². The molecule has 0 atom stereocenters. The first-order valence-electron chi connectivity index (χ1n) is 5.97. The number of nitrogens with one attached hydrogen (secondary N) is 2. The van der Waals surface area contributed by atoms with E-state index in [1.54, 1.807) is 0 Å². The second kappa shape index (κ2) is 6.42. The first-order valence-corrected chi connectivity index (χ1v) is 6.79. The standard InChI is InChI=1S/C12H19N3O3S/c1-5-14-10(16)9-8(13)7(12(17)18-4)11(19-9)15-6(2)3/h6,15H,5,13H2,1-4H3,(H,14,16). The number of amides is 1. The van der Waals surface area contributed by atoms with Gasteiger partial charge in [0.2, 0.25) is 0 Å². The van der Waals surface area contributed by atoms with Crippen molar-refractivity contribution in [3.05, 3.63) is 10.4 Å². The van der Waals surface area contributed by atoms with E-state index in [2.05, 4.69) is 10.6 Å². The zero-order valence-corrected chi connectivity index (χ0v) is 12.3. The molecular weight excluding hydrogens is 266 g/mol. The number of hydrogen-bond donors (Lipinski definition) is 3. The molecule has 0 saturated heterocycles. The van der Waals surface area contributed by atoms with Crippen LogP contribution in [0.15, 0.2) is 0 Å². The molecule has 106 valence electrons. The summed E-state index contributed by atoms with van der Waals surface area (Å²) >= 11 is 1.16. The number of carbonyl (C=O) groups excluding carboxylic acids is 2. The summed E-state index contributed by atoms with van der Waals surface area (Å²) in [5.74, 6) is -0.834. The molecule has 0 aliphatic heterocycles. The summed E-state index contributed by atoms with van der Waals surface area (Å²) < 4.78 is 4.71. The molecule has 1 aromatic heterocycles. The van der Waals surface area contributed by atoms with Gasteiger partial charge in [0.1, 0.15) is 15.4 Å². The zero-order valence-electron chi connectivity index (χ0n) is 11.5. The monoisotopic (exact) mass is 285 g/mol. The maximum Gasteiger partial charge on any atom is 0.343 e. The smallest absolute Gasteiger partial charge is 0.343 e. The third-order valence-corrected chi connectivity index (χ3v) is 3.43. The van der Waals surface area contributed by atoms with Crippen molar-refractivity contribution in [2.24, 2.45) is 0 Å². The maximum absolute atomic E-state index is 11.9. The van der Waals surface area contributed by atoms with Crippen molar-refractivity contribution < 1.29 is 14.3 Å². The van der Waals surface area contributed by atoms with Gasteiger partial charge in [-0.2, -0.15) is 0 Å². The van der Waals surface area contributed by atoms with Gasteiger partial charge in [-0.05, 0) is 20.8 Å². The normalized spacial score (nSPS) is 10.4. The van der Waals surface area contributed by atoms with Gasteiger partial charge in [-0.15, -0.1) is 11.3 Å². The first-order chi connectivity index (χ1) is 8.92. The average Bonchev–Trinajstić information content (AvgIpc) is 2.65. The fourth-order valence-corrected chi connectivity index (χ4v) is 2.69. The van der Waals surface area contributed by atoms with E-state index in [9.17, 15) is 9.59 Å². The quantitative estimate of drug-likeness (QED) is 0.716. The Hall–Kier alpha value is -1.76. The van der Waals surface area contributed by atoms with Crippen molar-refractivity contribution >= 4 is 33.9 Å². The Balaban J connectivity index is 3.25. The molecular formula is C12H19N3O3S. The van der Waals surface area contributed by atoms with Crippen LogP contribution in [-0.2, 0) is 4.74 Å². The SMILES string of the molecule is CCNC(=O)c1sc(NC(C)C)c(C(=O)OC)c1N. The van der Waals surface area contributed by atoms with Gasteiger partial charge in [-0.1, -0.05) is 0 Å². The molecule has 0 aliphatic rings. The Morgan fingerprint density at radius 3 is 2.53 bits per heavy atom. The molecule has 0 aromatic carbocycles. The van der Waals surface area contributed by atoms with E-state index in [1.807, 2.05) is 20.8 Å². The van der Waals surface area contributed by atoms with Crippen molar-refractivity contribution in [1.29, 1.82) is 0 Å². The van der Waals surface area contributed by atoms with Crippen LogP contribution in [0.25, 0.3) is 0 Å². The summed E-state index contributed by atoms with van der Waals surface area (Å²) in [4.78, 5) is 24.0. The Kier molecular flexibility index (Phi) is 5.17. The molecule has 1 aromatic rings. The largest absolute Gasteiger partial charge is 0.465 e. The van der Waals surface area contributed by atoms with E-state index in [-0.39, 0.29) is 23.2 Å². The number of methoxy groups -OCH3 is 1. The Labute approximate surface area is 116 Å². The third kappa shape index (κ3) is 3.37. The van der Waals surface area contributed by atoms with Gasteiger partial charge in [0, 0.05) is 12.6 Å². The second-order valence-electron chi connectivity index (χ2n) is 4.20. The molecule has 0 bridgehead atoms. The van der Waals surface area contributed by atoms with Crippen LogP contribution in [0.2, 0.25) is 0 Å². The van der Waals surface area contributed by atoms with E-state index < -0.39 is 5.97 Å². The predicted octanol–water partition coefficient (Wildman–Crippen LogP) is 1.69. The van der Waals surface area contributed by atoms with E-state index in [0.717, 1.165) is 11.3 Å². The highest BCUT2D eigenvalue weighted by molar-refractivity contribution is 7.19. The predicted molar refractivity (Wildman–Crippen MR) is 76.8 cm³/mol. The fourth-order valence-electron chi connectivity index (χ4n) is 1.52. The van der Waals surface area contributed by atoms with Crippen LogP contribution in [-0.4, -0.2) is 31.6 Å². The minimum absolute atomic E-state index is 0.114. The van der Waals surface area contributed by atoms with Crippen molar-refractivity contribution in [3.8, 4) is 0 Å². The number of hydrogen-bond acceptors (Lipinski definition) is 6. The number of ether oxygens (including phenoxy) is 1. The number of esters is 1. The van der Waals surface area contributed by atoms with Gasteiger partial charge in [0.25, 0.3) is 5.91 Å². The number of thiophene rings is 1. The van der Waals surface area contributed by atoms with Gasteiger partial charge in [0.15, 0.2) is 0 Å². The molecule has 4 N–H and O–H groups in total. The molecule has 1 rings (SSSR count). The van der Waals surface area contributed by atoms with Gasteiger partial charge < -0.3 is 21.1 Å². The van der Waals surface area contributed by atoms with Gasteiger partial charge >= 0.3 is 5.97 Å². The van der Waals surface area contributed by atoms with Crippen LogP contribution in [0, 0.1) is 0 Å². The Morgan fingerprint density at radius 2 is 2.05 bits per heavy atom. The van der Waals surface area contributed by atoms with Gasteiger partial charge in [-0.25, -0.2) is 4.79 Å². The summed E-state index contributed by atoms with van der Waals surface area (Å²) in [5, 5.41) is 6.33. The molecule has 0 spiro atoms. The number of nitrogens with two attached hydrogens (primary N) is 1. The summed E-state index contributed by atoms with van der Waals surface area (Å²) in [5.41, 5.74) is 6.28. The van der Waals surface area contributed by atoms with Crippen LogP contribution in [0.4, 0.5) is 10.7 Å². The molecule has 0 unspecified atom stereocenters. The lowest BCUT2D eigenvalue weighted by Gasteiger charge is -2.09. The lowest BCUT2D eigenvalue weighted by molar-refractivity contribution is 0.0603. The molecule has 0 saturated carbocycles. The summed E-state index contributed by atoms with van der Waals surface area (Å²) in [6.45, 7) is 6.18. The average molecular weight is 285 g/mol. The summed E-state index contributed by atoms with van der Waals surface area (Å²) in [7, 11) is 1.28. The van der Waals surface area contributed by atoms with Crippen molar-refractivity contribution in [3.63, 3.8) is 0 Å². The molecule has 19 heavy (non-hydrogen) atoms. The Morgan fingerprint density at radius 1 is 1.42 bits per heavy atom. The second-order valence-corrected chi connectivity index (χ2v) is 5.22. The molecule has 0 aliphatic carbocycles. The lowest BCUT2D eigenvalue weighted by atomic mass is 10.2. The van der Waals surface area contributed by atoms with Crippen molar-refractivity contribution in [1.82, 2.24) is 5.32 Å². The molecule has 7 heteroatoms. The van der Waals surface area contributed by atoms with Crippen molar-refractivity contribution in [2.45, 2.75) is 26.8 Å². The van der Waals surface area contributed by atoms with Gasteiger partial charge in [0.05, 0.1) is 12.8 Å². The topological polar surface area (TPSA) is 93.5 Å². The first kappa shape index (κ1) is 15.3. The molecule has 0 radical (unpaired) electrons. The van der Waals surface area contributed by atoms with Crippen LogP contribution < -0.4 is 16.4 Å². The summed E-state index contributed by atoms with van der Waals surface area (Å²) in [6, 6.07) is 0.114. The summed E-state index contributed by atoms with van der Waals surface area (Å²) in [6.07, 6.45) is 0. The number of nitrogen functional groups attached to an aromatic ring is 1. The van der Waals surface area contributed by atoms with Crippen LogP contribution in [0.5, 0.6) is 0 Å². The highest BCUT2D eigenvalue weighted by Gasteiger charge is 2.26. The molecule has 0 fully saturated rings. The minimum Gasteiger partial charge on any atom is -0.465 e. The van der Waals surface area contributed by atoms with Gasteiger partial charge in [-0.3, -0.25) is 4.79 Å². The van der Waals surface area contributed by atoms with E-state index >= 15 is 0 Å². The maximum atomic E-state index is 11.9. The highest BCUT2D eigenvalue weighted by atomic mass is 32.1. The molecule has 1 heterocycles. The number of rotatable bonds is 5. The van der Waals surface area contributed by atoms with Crippen LogP contribution >= 0.6 is 11.3 Å². The molecule has 6 nitrogen and oxygen atoms in total. The lowest BCUT2D eigenvalue weighted by Crippen LogP contribution is -2.22. The zero-order chi connectivity index (χ0) is 14.6. The fraction of sp³-hybridized carbons (Fsp3) is 0.500. The van der Waals surface area contributed by atoms with E-state index in [0.29, 0.717) is 16.4 Å². The molecule has 1 amide bonds. The van der Waals surface area contributed by atoms with Crippen LogP contribution in [0.1, 0.15) is 40.8 Å². The number of anilines is 2. The third-order valence-electron chi connectivity index (χ3n) is 2.30. The Bertz CT molecular complexity index is 483. The number of carbonyl (C=O) groups is 2. The van der Waals surface area contributed by atoms with Crippen molar-refractivity contribution in [2.75, 3.05) is 24.7 Å². The highest BCUT2D eigenvalue weighted by Crippen LogP contribution is 2.36. The minimum atomic E-state index is -0.549.